The first kappa shape index (κ1) is 21.2. The topological polar surface area (TPSA) is 41.1 Å². The summed E-state index contributed by atoms with van der Waals surface area (Å²) in [6, 6.07) is 16.4. The van der Waals surface area contributed by atoms with Crippen molar-refractivity contribution in [3.8, 4) is 23.0 Å². The minimum Gasteiger partial charge on any atom is -0.378 e. The predicted molar refractivity (Wildman–Crippen MR) is 130 cm³/mol. The lowest BCUT2D eigenvalue weighted by atomic mass is 9.95. The summed E-state index contributed by atoms with van der Waals surface area (Å²) in [6.07, 6.45) is 7.77. The highest BCUT2D eigenvalue weighted by Gasteiger charge is 2.18. The number of hydrogen-bond acceptors (Lipinski definition) is 4. The number of hydrogen-bond donors (Lipinski definition) is 1. The van der Waals surface area contributed by atoms with Gasteiger partial charge in [-0.25, -0.2) is 9.97 Å². The zero-order valence-electron chi connectivity index (χ0n) is 18.0. The van der Waals surface area contributed by atoms with E-state index in [0.29, 0.717) is 16.8 Å². The van der Waals surface area contributed by atoms with Gasteiger partial charge >= 0.3 is 0 Å². The molecular weight excluding hydrogens is 404 g/mol. The summed E-state index contributed by atoms with van der Waals surface area (Å²) in [5, 5.41) is 4.37. The van der Waals surface area contributed by atoms with Gasteiger partial charge in [0, 0.05) is 36.4 Å². The van der Waals surface area contributed by atoms with Gasteiger partial charge in [0.2, 0.25) is 0 Å². The van der Waals surface area contributed by atoms with Gasteiger partial charge in [0.05, 0.1) is 5.56 Å². The molecule has 5 heteroatoms. The summed E-state index contributed by atoms with van der Waals surface area (Å²) < 4.78 is 0. The lowest BCUT2D eigenvalue weighted by Gasteiger charge is -2.24. The summed E-state index contributed by atoms with van der Waals surface area (Å²) in [5.74, 6) is 7.39. The lowest BCUT2D eigenvalue weighted by Crippen LogP contribution is -2.23. The van der Waals surface area contributed by atoms with Crippen molar-refractivity contribution in [2.24, 2.45) is 0 Å². The van der Waals surface area contributed by atoms with E-state index in [0.717, 1.165) is 28.2 Å². The molecule has 0 spiro atoms. The van der Waals surface area contributed by atoms with E-state index < -0.39 is 0 Å². The fourth-order valence-corrected chi connectivity index (χ4v) is 4.02. The van der Waals surface area contributed by atoms with Crippen molar-refractivity contribution in [2.75, 3.05) is 24.3 Å². The number of nitrogens with one attached hydrogen (secondary N) is 1. The molecule has 0 aliphatic heterocycles. The molecule has 1 N–H and O–H groups in total. The molecule has 1 aliphatic rings. The van der Waals surface area contributed by atoms with Crippen LogP contribution < -0.4 is 10.2 Å². The highest BCUT2D eigenvalue weighted by molar-refractivity contribution is 6.30. The summed E-state index contributed by atoms with van der Waals surface area (Å²) in [5.41, 5.74) is 4.76. The number of aromatic nitrogens is 2. The van der Waals surface area contributed by atoms with Gasteiger partial charge in [-0.3, -0.25) is 0 Å². The van der Waals surface area contributed by atoms with Crippen LogP contribution in [-0.2, 0) is 0 Å². The molecule has 4 rings (SSSR count). The quantitative estimate of drug-likeness (QED) is 0.515. The molecular formula is C26H27ClN4. The molecule has 0 radical (unpaired) electrons. The standard InChI is InChI=1S/C26H27ClN4/c1-31(2)23-15-8-19(9-16-23)10-17-24-25(20-11-13-21(27)14-12-20)26(29-18-28-24)30-22-6-4-3-5-7-22/h8-9,11-16,18,22H,3-7H2,1-2H3,(H,28,29,30). The van der Waals surface area contributed by atoms with Crippen LogP contribution in [0.4, 0.5) is 11.5 Å². The highest BCUT2D eigenvalue weighted by Crippen LogP contribution is 2.31. The SMILES string of the molecule is CN(C)c1ccc(C#Cc2ncnc(NC3CCCCC3)c2-c2ccc(Cl)cc2)cc1. The molecule has 0 saturated heterocycles. The minimum atomic E-state index is 0.439. The van der Waals surface area contributed by atoms with Crippen LogP contribution in [0.25, 0.3) is 11.1 Å². The van der Waals surface area contributed by atoms with Gasteiger partial charge in [0.1, 0.15) is 17.8 Å². The fourth-order valence-electron chi connectivity index (χ4n) is 3.89. The van der Waals surface area contributed by atoms with Gasteiger partial charge in [-0.05, 0) is 60.7 Å². The third-order valence-corrected chi connectivity index (χ3v) is 5.89. The molecule has 1 aliphatic carbocycles. The Morgan fingerprint density at radius 3 is 2.29 bits per heavy atom. The van der Waals surface area contributed by atoms with Crippen molar-refractivity contribution < 1.29 is 0 Å². The summed E-state index contributed by atoms with van der Waals surface area (Å²) in [7, 11) is 4.06. The monoisotopic (exact) mass is 430 g/mol. The van der Waals surface area contributed by atoms with Gasteiger partial charge in [0.15, 0.2) is 0 Å². The van der Waals surface area contributed by atoms with Gasteiger partial charge < -0.3 is 10.2 Å². The second-order valence-electron chi connectivity index (χ2n) is 8.12. The third-order valence-electron chi connectivity index (χ3n) is 5.64. The van der Waals surface area contributed by atoms with E-state index in [9.17, 15) is 0 Å². The molecule has 0 unspecified atom stereocenters. The van der Waals surface area contributed by atoms with E-state index in [1.807, 2.05) is 50.5 Å². The van der Waals surface area contributed by atoms with E-state index in [2.05, 4.69) is 44.2 Å². The van der Waals surface area contributed by atoms with Gasteiger partial charge in [-0.2, -0.15) is 0 Å². The maximum Gasteiger partial charge on any atom is 0.138 e. The van der Waals surface area contributed by atoms with Crippen molar-refractivity contribution in [3.05, 3.63) is 71.1 Å². The van der Waals surface area contributed by atoms with Crippen molar-refractivity contribution >= 4 is 23.1 Å². The molecule has 158 valence electrons. The number of anilines is 2. The van der Waals surface area contributed by atoms with E-state index in [4.69, 9.17) is 11.6 Å². The molecule has 0 bridgehead atoms. The van der Waals surface area contributed by atoms with Gasteiger partial charge in [-0.1, -0.05) is 48.9 Å². The normalized spacial score (nSPS) is 13.9. The Morgan fingerprint density at radius 1 is 0.903 bits per heavy atom. The first-order valence-corrected chi connectivity index (χ1v) is 11.1. The zero-order chi connectivity index (χ0) is 21.6. The molecule has 31 heavy (non-hydrogen) atoms. The Hall–Kier alpha value is -3.03. The van der Waals surface area contributed by atoms with Gasteiger partial charge in [0.25, 0.3) is 0 Å². The minimum absolute atomic E-state index is 0.439. The van der Waals surface area contributed by atoms with E-state index in [1.165, 1.54) is 32.1 Å². The largest absolute Gasteiger partial charge is 0.378 e. The Kier molecular flexibility index (Phi) is 6.74. The lowest BCUT2D eigenvalue weighted by molar-refractivity contribution is 0.462. The molecule has 1 aromatic heterocycles. The zero-order valence-corrected chi connectivity index (χ0v) is 18.8. The van der Waals surface area contributed by atoms with Crippen LogP contribution in [0.3, 0.4) is 0 Å². The van der Waals surface area contributed by atoms with Crippen LogP contribution in [0.1, 0.15) is 43.4 Å². The van der Waals surface area contributed by atoms with E-state index >= 15 is 0 Å². The van der Waals surface area contributed by atoms with Crippen LogP contribution in [-0.4, -0.2) is 30.1 Å². The molecule has 1 heterocycles. The summed E-state index contributed by atoms with van der Waals surface area (Å²) >= 11 is 6.13. The van der Waals surface area contributed by atoms with Gasteiger partial charge in [-0.15, -0.1) is 0 Å². The number of nitrogens with zero attached hydrogens (tertiary/aromatic N) is 3. The van der Waals surface area contributed by atoms with Crippen molar-refractivity contribution in [1.29, 1.82) is 0 Å². The number of rotatable bonds is 4. The average Bonchev–Trinajstić information content (AvgIpc) is 2.79. The maximum absolute atomic E-state index is 6.13. The van der Waals surface area contributed by atoms with Crippen molar-refractivity contribution in [3.63, 3.8) is 0 Å². The Morgan fingerprint density at radius 2 is 1.61 bits per heavy atom. The molecule has 3 aromatic rings. The maximum atomic E-state index is 6.13. The number of benzene rings is 2. The number of halogens is 1. The Labute approximate surface area is 189 Å². The molecule has 0 atom stereocenters. The fraction of sp³-hybridized carbons (Fsp3) is 0.308. The molecule has 2 aromatic carbocycles. The molecule has 0 amide bonds. The van der Waals surface area contributed by atoms with Crippen LogP contribution in [0, 0.1) is 11.8 Å². The van der Waals surface area contributed by atoms with E-state index in [-0.39, 0.29) is 0 Å². The van der Waals surface area contributed by atoms with Crippen LogP contribution in [0.5, 0.6) is 0 Å². The Balaban J connectivity index is 1.71. The second kappa shape index (κ2) is 9.85. The van der Waals surface area contributed by atoms with Crippen LogP contribution >= 0.6 is 11.6 Å². The summed E-state index contributed by atoms with van der Waals surface area (Å²) in [4.78, 5) is 11.2. The first-order valence-electron chi connectivity index (χ1n) is 10.8. The van der Waals surface area contributed by atoms with Crippen LogP contribution in [0.15, 0.2) is 54.9 Å². The second-order valence-corrected chi connectivity index (χ2v) is 8.56. The predicted octanol–water partition coefficient (Wildman–Crippen LogP) is 6.01. The Bertz CT molecular complexity index is 1070. The molecule has 1 fully saturated rings. The third kappa shape index (κ3) is 5.37. The van der Waals surface area contributed by atoms with E-state index in [1.54, 1.807) is 6.33 Å². The average molecular weight is 431 g/mol. The molecule has 1 saturated carbocycles. The smallest absolute Gasteiger partial charge is 0.138 e. The van der Waals surface area contributed by atoms with Crippen molar-refractivity contribution in [1.82, 2.24) is 9.97 Å². The summed E-state index contributed by atoms with van der Waals surface area (Å²) in [6.45, 7) is 0. The highest BCUT2D eigenvalue weighted by atomic mass is 35.5. The first-order chi connectivity index (χ1) is 15.1. The molecule has 4 nitrogen and oxygen atoms in total. The van der Waals surface area contributed by atoms with Crippen LogP contribution in [0.2, 0.25) is 5.02 Å². The van der Waals surface area contributed by atoms with Crippen molar-refractivity contribution in [2.45, 2.75) is 38.1 Å².